The van der Waals surface area contributed by atoms with Crippen LogP contribution >= 0.6 is 0 Å². The van der Waals surface area contributed by atoms with Crippen LogP contribution in [0, 0.1) is 18.3 Å². The van der Waals surface area contributed by atoms with E-state index in [2.05, 4.69) is 81.1 Å². The summed E-state index contributed by atoms with van der Waals surface area (Å²) in [6, 6.07) is 21.0. The van der Waals surface area contributed by atoms with Crippen LogP contribution in [0.15, 0.2) is 65.2 Å². The van der Waals surface area contributed by atoms with Crippen LogP contribution in [0.2, 0.25) is 0 Å². The van der Waals surface area contributed by atoms with Gasteiger partial charge in [-0.25, -0.2) is 4.57 Å². The topological polar surface area (TPSA) is 40.8 Å². The van der Waals surface area contributed by atoms with Gasteiger partial charge in [-0.05, 0) is 53.6 Å². The summed E-state index contributed by atoms with van der Waals surface area (Å²) in [5.74, 6) is 0.488. The fraction of sp³-hybridized carbons (Fsp3) is 0.185. The molecule has 0 bridgehead atoms. The smallest absolute Gasteiger partial charge is 0.224 e. The molecule has 0 fully saturated rings. The van der Waals surface area contributed by atoms with Gasteiger partial charge in [0.1, 0.15) is 18.2 Å². The molecule has 3 nitrogen and oxygen atoms in total. The van der Waals surface area contributed by atoms with Crippen molar-refractivity contribution in [2.45, 2.75) is 26.7 Å². The Morgan fingerprint density at radius 1 is 0.933 bits per heavy atom. The van der Waals surface area contributed by atoms with E-state index in [4.69, 9.17) is 4.42 Å². The van der Waals surface area contributed by atoms with Gasteiger partial charge in [0.15, 0.2) is 6.20 Å². The molecule has 0 saturated heterocycles. The molecule has 0 amide bonds. The van der Waals surface area contributed by atoms with Crippen LogP contribution in [0.1, 0.15) is 36.5 Å². The number of rotatable bonds is 2. The molecule has 3 aromatic carbocycles. The molecule has 2 heterocycles. The Labute approximate surface area is 175 Å². The fourth-order valence-corrected chi connectivity index (χ4v) is 4.36. The van der Waals surface area contributed by atoms with Crippen molar-refractivity contribution >= 4 is 32.7 Å². The minimum Gasteiger partial charge on any atom is -0.455 e. The number of nitrogens with zero attached hydrogens (tertiary/aromatic N) is 2. The number of aryl methyl sites for hydroxylation is 2. The second-order valence-electron chi connectivity index (χ2n) is 8.34. The number of hydrogen-bond donors (Lipinski definition) is 0. The largest absolute Gasteiger partial charge is 0.455 e. The third-order valence-corrected chi connectivity index (χ3v) is 6.04. The zero-order valence-electron chi connectivity index (χ0n) is 17.7. The van der Waals surface area contributed by atoms with E-state index in [0.717, 1.165) is 38.8 Å². The maximum Gasteiger partial charge on any atom is 0.224 e. The summed E-state index contributed by atoms with van der Waals surface area (Å²) < 4.78 is 8.54. The highest BCUT2D eigenvalue weighted by molar-refractivity contribution is 6.12. The van der Waals surface area contributed by atoms with E-state index in [1.165, 1.54) is 16.3 Å². The number of nitriles is 1. The van der Waals surface area contributed by atoms with Gasteiger partial charge in [0.2, 0.25) is 5.69 Å². The molecular weight excluding hydrogens is 368 g/mol. The maximum atomic E-state index is 9.32. The Balaban J connectivity index is 1.89. The lowest BCUT2D eigenvalue weighted by molar-refractivity contribution is -0.659. The molecule has 0 aliphatic rings. The Morgan fingerprint density at radius 2 is 1.73 bits per heavy atom. The lowest BCUT2D eigenvalue weighted by Crippen LogP contribution is -2.30. The van der Waals surface area contributed by atoms with Gasteiger partial charge in [0, 0.05) is 16.8 Å². The molecule has 0 spiro atoms. The SMILES string of the molecule is Cc1ccc2c(oc3ccc(C#N)cc32)c1-c1c2ccc(C(C)C)cc2cc[n+]1C. The zero-order chi connectivity index (χ0) is 21.0. The van der Waals surface area contributed by atoms with Crippen molar-refractivity contribution in [3.63, 3.8) is 0 Å². The summed E-state index contributed by atoms with van der Waals surface area (Å²) >= 11 is 0. The van der Waals surface area contributed by atoms with Crippen molar-refractivity contribution in [2.24, 2.45) is 7.05 Å². The van der Waals surface area contributed by atoms with E-state index in [9.17, 15) is 5.26 Å². The van der Waals surface area contributed by atoms with Gasteiger partial charge < -0.3 is 4.42 Å². The molecule has 2 aromatic heterocycles. The summed E-state index contributed by atoms with van der Waals surface area (Å²) in [4.78, 5) is 0. The van der Waals surface area contributed by atoms with Crippen LogP contribution in [0.25, 0.3) is 44.0 Å². The molecule has 0 radical (unpaired) electrons. The summed E-state index contributed by atoms with van der Waals surface area (Å²) in [7, 11) is 2.08. The second kappa shape index (κ2) is 6.71. The van der Waals surface area contributed by atoms with Crippen LogP contribution in [-0.2, 0) is 7.05 Å². The van der Waals surface area contributed by atoms with Crippen LogP contribution in [0.3, 0.4) is 0 Å². The first-order valence-electron chi connectivity index (χ1n) is 10.3. The van der Waals surface area contributed by atoms with Gasteiger partial charge in [-0.2, -0.15) is 5.26 Å². The first kappa shape index (κ1) is 18.4. The Hall–Kier alpha value is -3.64. The van der Waals surface area contributed by atoms with Crippen LogP contribution < -0.4 is 4.57 Å². The highest BCUT2D eigenvalue weighted by atomic mass is 16.3. The van der Waals surface area contributed by atoms with E-state index in [0.29, 0.717) is 11.5 Å². The fourth-order valence-electron chi connectivity index (χ4n) is 4.36. The van der Waals surface area contributed by atoms with Crippen LogP contribution in [0.5, 0.6) is 0 Å². The first-order valence-corrected chi connectivity index (χ1v) is 10.3. The minimum absolute atomic E-state index is 0.488. The summed E-state index contributed by atoms with van der Waals surface area (Å²) in [5.41, 5.74) is 7.07. The molecule has 30 heavy (non-hydrogen) atoms. The quantitative estimate of drug-likeness (QED) is 0.321. The van der Waals surface area contributed by atoms with Crippen LogP contribution in [0.4, 0.5) is 0 Å². The van der Waals surface area contributed by atoms with E-state index < -0.39 is 0 Å². The van der Waals surface area contributed by atoms with E-state index >= 15 is 0 Å². The molecule has 5 rings (SSSR count). The van der Waals surface area contributed by atoms with Gasteiger partial charge in [-0.15, -0.1) is 0 Å². The lowest BCUT2D eigenvalue weighted by atomic mass is 9.94. The highest BCUT2D eigenvalue weighted by Crippen LogP contribution is 2.39. The van der Waals surface area contributed by atoms with E-state index in [-0.39, 0.29) is 0 Å². The van der Waals surface area contributed by atoms with Crippen LogP contribution in [-0.4, -0.2) is 0 Å². The van der Waals surface area contributed by atoms with E-state index in [1.54, 1.807) is 0 Å². The van der Waals surface area contributed by atoms with Crippen molar-refractivity contribution in [1.82, 2.24) is 0 Å². The van der Waals surface area contributed by atoms with Gasteiger partial charge in [-0.1, -0.05) is 38.1 Å². The number of pyridine rings is 1. The zero-order valence-corrected chi connectivity index (χ0v) is 17.7. The molecule has 0 aliphatic carbocycles. The number of fused-ring (bicyclic) bond motifs is 4. The molecule has 0 unspecified atom stereocenters. The van der Waals surface area contributed by atoms with Gasteiger partial charge in [0.25, 0.3) is 0 Å². The normalized spacial score (nSPS) is 11.6. The lowest BCUT2D eigenvalue weighted by Gasteiger charge is -2.11. The third-order valence-electron chi connectivity index (χ3n) is 6.04. The molecular formula is C27H23N2O+. The Morgan fingerprint density at radius 3 is 2.50 bits per heavy atom. The number of benzene rings is 3. The average Bonchev–Trinajstić information content (AvgIpc) is 3.11. The van der Waals surface area contributed by atoms with Gasteiger partial charge >= 0.3 is 0 Å². The average molecular weight is 391 g/mol. The molecule has 0 N–H and O–H groups in total. The highest BCUT2D eigenvalue weighted by Gasteiger charge is 2.23. The minimum atomic E-state index is 0.488. The number of furan rings is 1. The predicted octanol–water partition coefficient (Wildman–Crippen LogP) is 6.53. The summed E-state index contributed by atoms with van der Waals surface area (Å²) in [6.07, 6.45) is 2.12. The van der Waals surface area contributed by atoms with Gasteiger partial charge in [-0.3, -0.25) is 0 Å². The predicted molar refractivity (Wildman–Crippen MR) is 121 cm³/mol. The monoisotopic (exact) mass is 391 g/mol. The van der Waals surface area contributed by atoms with Crippen molar-refractivity contribution in [1.29, 1.82) is 5.26 Å². The van der Waals surface area contributed by atoms with Crippen molar-refractivity contribution in [3.05, 3.63) is 77.5 Å². The molecule has 0 atom stereocenters. The van der Waals surface area contributed by atoms with Crippen molar-refractivity contribution in [3.8, 4) is 17.3 Å². The molecule has 3 heteroatoms. The third kappa shape index (κ3) is 2.69. The van der Waals surface area contributed by atoms with Gasteiger partial charge in [0.05, 0.1) is 22.6 Å². The van der Waals surface area contributed by atoms with Crippen molar-refractivity contribution < 1.29 is 8.98 Å². The Bertz CT molecular complexity index is 1500. The summed E-state index contributed by atoms with van der Waals surface area (Å²) in [6.45, 7) is 6.57. The molecule has 5 aromatic rings. The summed E-state index contributed by atoms with van der Waals surface area (Å²) in [5, 5.41) is 13.8. The number of hydrogen-bond acceptors (Lipinski definition) is 2. The maximum absolute atomic E-state index is 9.32. The second-order valence-corrected chi connectivity index (χ2v) is 8.34. The Kier molecular flexibility index (Phi) is 4.11. The molecule has 0 aliphatic heterocycles. The molecule has 146 valence electrons. The van der Waals surface area contributed by atoms with E-state index in [1.807, 2.05) is 18.2 Å². The standard InChI is InChI=1S/C27H23N2O/c1-16(2)19-7-9-21-20(14-19)11-12-29(4)26(21)25-17(3)5-8-22-23-13-18(15-28)6-10-24(23)30-27(22)25/h5-14,16H,1-4H3/q+1. The van der Waals surface area contributed by atoms with Crippen molar-refractivity contribution in [2.75, 3.05) is 0 Å². The molecule has 0 saturated carbocycles. The first-order chi connectivity index (χ1) is 14.5. The number of aromatic nitrogens is 1.